The maximum atomic E-state index is 12.4. The van der Waals surface area contributed by atoms with Gasteiger partial charge in [0.15, 0.2) is 0 Å². The van der Waals surface area contributed by atoms with E-state index in [-0.39, 0.29) is 5.91 Å². The lowest BCUT2D eigenvalue weighted by molar-refractivity contribution is -0.127. The summed E-state index contributed by atoms with van der Waals surface area (Å²) in [6.45, 7) is 5.17. The number of carbonyl (C=O) groups is 1. The highest BCUT2D eigenvalue weighted by atomic mass is 16.2. The normalized spacial score (nSPS) is 16.5. The Morgan fingerprint density at radius 3 is 2.59 bits per heavy atom. The zero-order chi connectivity index (χ0) is 16.2. The molecule has 2 N–H and O–H groups in total. The summed E-state index contributed by atoms with van der Waals surface area (Å²) in [5.74, 6) is 0.821. The topological polar surface area (TPSA) is 70.2 Å². The lowest BCUT2D eigenvalue weighted by Gasteiger charge is -2.29. The number of carbonyl (C=O) groups excluding carboxylic acids is 1. The number of hydrogen-bond donors (Lipinski definition) is 2. The molecule has 0 aliphatic heterocycles. The first-order chi connectivity index (χ1) is 10.5. The van der Waals surface area contributed by atoms with E-state index in [2.05, 4.69) is 20.6 Å². The van der Waals surface area contributed by atoms with E-state index in [0.717, 1.165) is 37.1 Å². The van der Waals surface area contributed by atoms with E-state index in [1.54, 1.807) is 0 Å². The van der Waals surface area contributed by atoms with E-state index >= 15 is 0 Å². The molecular formula is C16H27N5O. The molecule has 122 valence electrons. The summed E-state index contributed by atoms with van der Waals surface area (Å²) in [5, 5.41) is 6.43. The Bertz CT molecular complexity index is 523. The summed E-state index contributed by atoms with van der Waals surface area (Å²) >= 11 is 0. The third-order valence-corrected chi connectivity index (χ3v) is 4.13. The van der Waals surface area contributed by atoms with Crippen LogP contribution in [-0.2, 0) is 11.3 Å². The van der Waals surface area contributed by atoms with Crippen molar-refractivity contribution in [2.24, 2.45) is 0 Å². The maximum Gasteiger partial charge on any atom is 0.240 e. The average Bonchev–Trinajstić information content (AvgIpc) is 2.95. The number of amides is 1. The first-order valence-corrected chi connectivity index (χ1v) is 8.02. The molecule has 0 unspecified atom stereocenters. The Balaban J connectivity index is 2.11. The average molecular weight is 305 g/mol. The third kappa shape index (κ3) is 3.74. The number of anilines is 1. The van der Waals surface area contributed by atoms with E-state index in [0.29, 0.717) is 19.0 Å². The molecule has 1 aromatic rings. The van der Waals surface area contributed by atoms with Crippen LogP contribution in [0.4, 0.5) is 5.95 Å². The minimum atomic E-state index is -0.437. The Kier molecular flexibility index (Phi) is 5.34. The van der Waals surface area contributed by atoms with Crippen molar-refractivity contribution in [3.8, 4) is 0 Å². The number of rotatable bonds is 6. The Morgan fingerprint density at radius 1 is 1.32 bits per heavy atom. The first-order valence-electron chi connectivity index (χ1n) is 8.02. The van der Waals surface area contributed by atoms with Crippen molar-refractivity contribution in [3.63, 3.8) is 0 Å². The molecule has 1 saturated carbocycles. The molecule has 1 fully saturated rings. The van der Waals surface area contributed by atoms with Crippen LogP contribution in [-0.4, -0.2) is 42.1 Å². The molecule has 6 heteroatoms. The smallest absolute Gasteiger partial charge is 0.240 e. The standard InChI is InChI=1S/C16H27N5O/c1-5-17-14(22)16(8-6-7-9-16)18-11-13-10-12(2)19-15(20-13)21(3)4/h10,18H,5-9,11H2,1-4H3,(H,17,22). The lowest BCUT2D eigenvalue weighted by Crippen LogP contribution is -2.54. The van der Waals surface area contributed by atoms with Crippen LogP contribution in [0.15, 0.2) is 6.07 Å². The van der Waals surface area contributed by atoms with E-state index in [1.807, 2.05) is 38.9 Å². The molecule has 1 aliphatic rings. The molecule has 0 aromatic carbocycles. The molecule has 22 heavy (non-hydrogen) atoms. The van der Waals surface area contributed by atoms with Gasteiger partial charge in [-0.25, -0.2) is 9.97 Å². The van der Waals surface area contributed by atoms with Gasteiger partial charge in [0.25, 0.3) is 0 Å². The van der Waals surface area contributed by atoms with Gasteiger partial charge >= 0.3 is 0 Å². The van der Waals surface area contributed by atoms with Gasteiger partial charge in [-0.3, -0.25) is 10.1 Å². The van der Waals surface area contributed by atoms with Crippen LogP contribution in [0.5, 0.6) is 0 Å². The van der Waals surface area contributed by atoms with Crippen LogP contribution in [0.2, 0.25) is 0 Å². The maximum absolute atomic E-state index is 12.4. The van der Waals surface area contributed by atoms with Gasteiger partial charge in [0.2, 0.25) is 11.9 Å². The van der Waals surface area contributed by atoms with E-state index in [1.165, 1.54) is 0 Å². The van der Waals surface area contributed by atoms with Gasteiger partial charge in [-0.05, 0) is 32.8 Å². The highest BCUT2D eigenvalue weighted by molar-refractivity contribution is 5.86. The summed E-state index contributed by atoms with van der Waals surface area (Å²) in [6, 6.07) is 1.97. The number of aryl methyl sites for hydroxylation is 1. The summed E-state index contributed by atoms with van der Waals surface area (Å²) in [5.41, 5.74) is 1.42. The molecular weight excluding hydrogens is 278 g/mol. The molecule has 1 aliphatic carbocycles. The minimum Gasteiger partial charge on any atom is -0.355 e. The van der Waals surface area contributed by atoms with Gasteiger partial charge in [0.05, 0.1) is 11.2 Å². The summed E-state index contributed by atoms with van der Waals surface area (Å²) in [4.78, 5) is 23.3. The molecule has 0 atom stereocenters. The molecule has 0 bridgehead atoms. The molecule has 0 saturated heterocycles. The zero-order valence-electron chi connectivity index (χ0n) is 14.1. The van der Waals surface area contributed by atoms with Gasteiger partial charge in [-0.15, -0.1) is 0 Å². The van der Waals surface area contributed by atoms with Gasteiger partial charge in [0.1, 0.15) is 0 Å². The first kappa shape index (κ1) is 16.7. The van der Waals surface area contributed by atoms with Crippen molar-refractivity contribution in [1.29, 1.82) is 0 Å². The predicted molar refractivity (Wildman–Crippen MR) is 87.8 cm³/mol. The van der Waals surface area contributed by atoms with E-state index in [4.69, 9.17) is 0 Å². The summed E-state index contributed by atoms with van der Waals surface area (Å²) in [7, 11) is 3.86. The van der Waals surface area contributed by atoms with Crippen LogP contribution in [0, 0.1) is 6.92 Å². The molecule has 2 rings (SSSR count). The van der Waals surface area contributed by atoms with Crippen LogP contribution in [0.25, 0.3) is 0 Å². The minimum absolute atomic E-state index is 0.117. The Morgan fingerprint density at radius 2 is 2.00 bits per heavy atom. The Hall–Kier alpha value is -1.69. The second-order valence-corrected chi connectivity index (χ2v) is 6.20. The number of nitrogens with one attached hydrogen (secondary N) is 2. The SMILES string of the molecule is CCNC(=O)C1(NCc2cc(C)nc(N(C)C)n2)CCCC1. The van der Waals surface area contributed by atoms with Gasteiger partial charge in [-0.1, -0.05) is 12.8 Å². The van der Waals surface area contributed by atoms with Crippen molar-refractivity contribution in [3.05, 3.63) is 17.5 Å². The van der Waals surface area contributed by atoms with Gasteiger partial charge in [0, 0.05) is 32.9 Å². The van der Waals surface area contributed by atoms with E-state index < -0.39 is 5.54 Å². The lowest BCUT2D eigenvalue weighted by atomic mass is 9.96. The predicted octanol–water partition coefficient (Wildman–Crippen LogP) is 1.39. The quantitative estimate of drug-likeness (QED) is 0.831. The largest absolute Gasteiger partial charge is 0.355 e. The van der Waals surface area contributed by atoms with Crippen molar-refractivity contribution in [1.82, 2.24) is 20.6 Å². The molecule has 1 heterocycles. The number of aromatic nitrogens is 2. The van der Waals surface area contributed by atoms with Crippen molar-refractivity contribution in [2.75, 3.05) is 25.5 Å². The summed E-state index contributed by atoms with van der Waals surface area (Å²) in [6.07, 6.45) is 3.97. The zero-order valence-corrected chi connectivity index (χ0v) is 14.1. The second-order valence-electron chi connectivity index (χ2n) is 6.20. The highest BCUT2D eigenvalue weighted by Gasteiger charge is 2.40. The van der Waals surface area contributed by atoms with Crippen LogP contribution in [0.3, 0.4) is 0 Å². The molecule has 0 radical (unpaired) electrons. The van der Waals surface area contributed by atoms with E-state index in [9.17, 15) is 4.79 Å². The van der Waals surface area contributed by atoms with Gasteiger partial charge < -0.3 is 10.2 Å². The fourth-order valence-corrected chi connectivity index (χ4v) is 2.96. The van der Waals surface area contributed by atoms with Gasteiger partial charge in [-0.2, -0.15) is 0 Å². The number of hydrogen-bond acceptors (Lipinski definition) is 5. The third-order valence-electron chi connectivity index (χ3n) is 4.13. The van der Waals surface area contributed by atoms with Crippen LogP contribution in [0.1, 0.15) is 44.0 Å². The molecule has 6 nitrogen and oxygen atoms in total. The second kappa shape index (κ2) is 7.05. The van der Waals surface area contributed by atoms with Crippen molar-refractivity contribution >= 4 is 11.9 Å². The molecule has 1 aromatic heterocycles. The summed E-state index contributed by atoms with van der Waals surface area (Å²) < 4.78 is 0. The fourth-order valence-electron chi connectivity index (χ4n) is 2.96. The van der Waals surface area contributed by atoms with Crippen LogP contribution >= 0.6 is 0 Å². The fraction of sp³-hybridized carbons (Fsp3) is 0.688. The number of likely N-dealkylation sites (N-methyl/N-ethyl adjacent to an activating group) is 1. The molecule has 0 spiro atoms. The monoisotopic (exact) mass is 305 g/mol. The number of nitrogens with zero attached hydrogens (tertiary/aromatic N) is 3. The highest BCUT2D eigenvalue weighted by Crippen LogP contribution is 2.30. The molecule has 1 amide bonds. The van der Waals surface area contributed by atoms with Crippen molar-refractivity contribution < 1.29 is 4.79 Å². The Labute approximate surface area is 132 Å². The van der Waals surface area contributed by atoms with Crippen LogP contribution < -0.4 is 15.5 Å². The van der Waals surface area contributed by atoms with Crippen molar-refractivity contribution in [2.45, 2.75) is 51.6 Å².